The highest BCUT2D eigenvalue weighted by molar-refractivity contribution is 5.91. The predicted molar refractivity (Wildman–Crippen MR) is 69.8 cm³/mol. The number of carbonyl (C=O) groups is 1. The number of benzene rings is 1. The largest absolute Gasteiger partial charge is 0.497 e. The van der Waals surface area contributed by atoms with Gasteiger partial charge in [-0.1, -0.05) is 12.1 Å². The second-order valence-electron chi connectivity index (χ2n) is 4.02. The number of carbonyl (C=O) groups excluding carboxylic acids is 1. The number of nitrogens with zero attached hydrogens (tertiary/aromatic N) is 3. The van der Waals surface area contributed by atoms with Gasteiger partial charge in [-0.05, 0) is 24.6 Å². The molecular weight excluding hydrogens is 244 g/mol. The van der Waals surface area contributed by atoms with E-state index in [0.717, 1.165) is 11.3 Å². The van der Waals surface area contributed by atoms with E-state index in [1.807, 2.05) is 31.2 Å². The molecule has 0 fully saturated rings. The van der Waals surface area contributed by atoms with Crippen molar-refractivity contribution in [1.29, 1.82) is 0 Å². The molecule has 2 rings (SSSR count). The number of nitrogens with one attached hydrogen (secondary N) is 1. The fourth-order valence-corrected chi connectivity index (χ4v) is 1.75. The lowest BCUT2D eigenvalue weighted by atomic mass is 10.2. The van der Waals surface area contributed by atoms with Gasteiger partial charge in [0.1, 0.15) is 5.75 Å². The molecule has 6 heteroatoms. The Kier molecular flexibility index (Phi) is 4.12. The minimum absolute atomic E-state index is 0.132. The molecule has 1 aromatic carbocycles. The zero-order valence-electron chi connectivity index (χ0n) is 11.0. The molecule has 19 heavy (non-hydrogen) atoms. The molecule has 0 saturated carbocycles. The molecule has 1 amide bonds. The number of aromatic amines is 1. The Bertz CT molecular complexity index is 522. The summed E-state index contributed by atoms with van der Waals surface area (Å²) in [7, 11) is 1.63. The molecule has 1 heterocycles. The standard InChI is InChI=1S/C13H16N4O2/c1-3-17(13(18)12-8-14-16-15-12)9-10-4-6-11(19-2)7-5-10/h4-8H,3,9H2,1-2H3,(H,14,15,16). The Labute approximate surface area is 111 Å². The summed E-state index contributed by atoms with van der Waals surface area (Å²) in [5.74, 6) is 0.668. The van der Waals surface area contributed by atoms with Gasteiger partial charge in [0.2, 0.25) is 0 Å². The average molecular weight is 260 g/mol. The van der Waals surface area contributed by atoms with Gasteiger partial charge in [0.25, 0.3) is 5.91 Å². The second kappa shape index (κ2) is 5.99. The summed E-state index contributed by atoms with van der Waals surface area (Å²) in [5, 5.41) is 9.90. The predicted octanol–water partition coefficient (Wildman–Crippen LogP) is 1.48. The molecule has 0 unspecified atom stereocenters. The Balaban J connectivity index is 2.08. The molecule has 0 radical (unpaired) electrons. The first kappa shape index (κ1) is 13.1. The molecule has 1 aromatic heterocycles. The Morgan fingerprint density at radius 1 is 1.37 bits per heavy atom. The molecule has 0 atom stereocenters. The van der Waals surface area contributed by atoms with Crippen molar-refractivity contribution in [2.75, 3.05) is 13.7 Å². The zero-order chi connectivity index (χ0) is 13.7. The summed E-state index contributed by atoms with van der Waals surface area (Å²) < 4.78 is 5.10. The summed E-state index contributed by atoms with van der Waals surface area (Å²) in [6.45, 7) is 3.07. The fourth-order valence-electron chi connectivity index (χ4n) is 1.75. The number of hydrogen-bond donors (Lipinski definition) is 1. The average Bonchev–Trinajstić information content (AvgIpc) is 2.99. The van der Waals surface area contributed by atoms with Crippen molar-refractivity contribution in [3.8, 4) is 5.75 Å². The van der Waals surface area contributed by atoms with Gasteiger partial charge in [-0.15, -0.1) is 0 Å². The third-order valence-electron chi connectivity index (χ3n) is 2.84. The molecular formula is C13H16N4O2. The van der Waals surface area contributed by atoms with Crippen LogP contribution in [-0.2, 0) is 6.54 Å². The van der Waals surface area contributed by atoms with Crippen LogP contribution in [0.5, 0.6) is 5.75 Å². The molecule has 0 spiro atoms. The number of rotatable bonds is 5. The van der Waals surface area contributed by atoms with E-state index < -0.39 is 0 Å². The summed E-state index contributed by atoms with van der Waals surface area (Å²) >= 11 is 0. The first-order chi connectivity index (χ1) is 9.24. The molecule has 0 aliphatic carbocycles. The van der Waals surface area contributed by atoms with Crippen LogP contribution < -0.4 is 4.74 Å². The number of aromatic nitrogens is 3. The Morgan fingerprint density at radius 3 is 2.63 bits per heavy atom. The highest BCUT2D eigenvalue weighted by atomic mass is 16.5. The number of hydrogen-bond acceptors (Lipinski definition) is 4. The number of methoxy groups -OCH3 is 1. The van der Waals surface area contributed by atoms with Gasteiger partial charge in [0, 0.05) is 13.1 Å². The third kappa shape index (κ3) is 3.09. The van der Waals surface area contributed by atoms with E-state index in [0.29, 0.717) is 18.8 Å². The number of amides is 1. The van der Waals surface area contributed by atoms with Crippen LogP contribution in [0, 0.1) is 0 Å². The smallest absolute Gasteiger partial charge is 0.276 e. The van der Waals surface area contributed by atoms with Crippen LogP contribution in [0.4, 0.5) is 0 Å². The lowest BCUT2D eigenvalue weighted by molar-refractivity contribution is 0.0746. The van der Waals surface area contributed by atoms with Crippen molar-refractivity contribution in [2.45, 2.75) is 13.5 Å². The molecule has 6 nitrogen and oxygen atoms in total. The molecule has 100 valence electrons. The van der Waals surface area contributed by atoms with Crippen LogP contribution in [0.2, 0.25) is 0 Å². The molecule has 2 aromatic rings. The maximum atomic E-state index is 12.1. The van der Waals surface area contributed by atoms with Gasteiger partial charge in [0.05, 0.1) is 13.3 Å². The van der Waals surface area contributed by atoms with Crippen LogP contribution in [0.3, 0.4) is 0 Å². The Morgan fingerprint density at radius 2 is 2.11 bits per heavy atom. The van der Waals surface area contributed by atoms with Gasteiger partial charge in [-0.3, -0.25) is 4.79 Å². The van der Waals surface area contributed by atoms with E-state index >= 15 is 0 Å². The van der Waals surface area contributed by atoms with E-state index in [1.165, 1.54) is 6.20 Å². The van der Waals surface area contributed by atoms with Gasteiger partial charge in [-0.25, -0.2) is 0 Å². The summed E-state index contributed by atoms with van der Waals surface area (Å²) in [6.07, 6.45) is 1.43. The van der Waals surface area contributed by atoms with Crippen LogP contribution in [0.25, 0.3) is 0 Å². The highest BCUT2D eigenvalue weighted by Crippen LogP contribution is 2.13. The summed E-state index contributed by atoms with van der Waals surface area (Å²) in [6, 6.07) is 7.64. The second-order valence-corrected chi connectivity index (χ2v) is 4.02. The van der Waals surface area contributed by atoms with Crippen LogP contribution >= 0.6 is 0 Å². The van der Waals surface area contributed by atoms with Crippen molar-refractivity contribution in [2.24, 2.45) is 0 Å². The van der Waals surface area contributed by atoms with Gasteiger partial charge >= 0.3 is 0 Å². The lowest BCUT2D eigenvalue weighted by Gasteiger charge is -2.19. The van der Waals surface area contributed by atoms with E-state index in [1.54, 1.807) is 12.0 Å². The monoisotopic (exact) mass is 260 g/mol. The van der Waals surface area contributed by atoms with E-state index in [2.05, 4.69) is 15.4 Å². The van der Waals surface area contributed by atoms with Crippen molar-refractivity contribution >= 4 is 5.91 Å². The summed E-state index contributed by atoms with van der Waals surface area (Å²) in [5.41, 5.74) is 1.37. The first-order valence-corrected chi connectivity index (χ1v) is 6.02. The minimum atomic E-state index is -0.132. The zero-order valence-corrected chi connectivity index (χ0v) is 11.0. The van der Waals surface area contributed by atoms with Crippen LogP contribution in [0.15, 0.2) is 30.5 Å². The van der Waals surface area contributed by atoms with Crippen molar-refractivity contribution in [1.82, 2.24) is 20.3 Å². The number of H-pyrrole nitrogens is 1. The van der Waals surface area contributed by atoms with Crippen molar-refractivity contribution in [3.05, 3.63) is 41.7 Å². The lowest BCUT2D eigenvalue weighted by Crippen LogP contribution is -2.30. The van der Waals surface area contributed by atoms with E-state index in [-0.39, 0.29) is 5.91 Å². The topological polar surface area (TPSA) is 71.1 Å². The van der Waals surface area contributed by atoms with E-state index in [9.17, 15) is 4.79 Å². The Hall–Kier alpha value is -2.37. The normalized spacial score (nSPS) is 10.2. The molecule has 0 saturated heterocycles. The molecule has 0 bridgehead atoms. The fraction of sp³-hybridized carbons (Fsp3) is 0.308. The quantitative estimate of drug-likeness (QED) is 0.883. The highest BCUT2D eigenvalue weighted by Gasteiger charge is 2.16. The first-order valence-electron chi connectivity index (χ1n) is 6.02. The van der Waals surface area contributed by atoms with Gasteiger partial charge in [-0.2, -0.15) is 15.4 Å². The van der Waals surface area contributed by atoms with Gasteiger partial charge in [0.15, 0.2) is 5.69 Å². The molecule has 1 N–H and O–H groups in total. The SMILES string of the molecule is CCN(Cc1ccc(OC)cc1)C(=O)c1cn[nH]n1. The maximum Gasteiger partial charge on any atom is 0.276 e. The van der Waals surface area contributed by atoms with Crippen molar-refractivity contribution < 1.29 is 9.53 Å². The van der Waals surface area contributed by atoms with Gasteiger partial charge < -0.3 is 9.64 Å². The number of ether oxygens (including phenoxy) is 1. The molecule has 0 aliphatic heterocycles. The van der Waals surface area contributed by atoms with Crippen LogP contribution in [0.1, 0.15) is 23.0 Å². The third-order valence-corrected chi connectivity index (χ3v) is 2.84. The van der Waals surface area contributed by atoms with Crippen LogP contribution in [-0.4, -0.2) is 39.9 Å². The minimum Gasteiger partial charge on any atom is -0.497 e. The maximum absolute atomic E-state index is 12.1. The summed E-state index contributed by atoms with van der Waals surface area (Å²) in [4.78, 5) is 13.9. The van der Waals surface area contributed by atoms with Crippen molar-refractivity contribution in [3.63, 3.8) is 0 Å². The van der Waals surface area contributed by atoms with E-state index in [4.69, 9.17) is 4.74 Å². The molecule has 0 aliphatic rings.